The SMILES string of the molecule is O=C(O)Cc1ccc(-c2ccc(-c3ncoc3NC(=O)OCCc3ccccc3)cc2)s1. The molecule has 2 aromatic heterocycles. The number of nitrogens with zero attached hydrogens (tertiary/aromatic N) is 1. The zero-order valence-electron chi connectivity index (χ0n) is 17.0. The second-order valence-electron chi connectivity index (χ2n) is 6.94. The van der Waals surface area contributed by atoms with Crippen molar-refractivity contribution in [2.45, 2.75) is 12.8 Å². The molecule has 2 heterocycles. The molecule has 1 amide bonds. The van der Waals surface area contributed by atoms with Crippen molar-refractivity contribution in [1.82, 2.24) is 4.98 Å². The zero-order chi connectivity index (χ0) is 22.3. The number of thiophene rings is 1. The van der Waals surface area contributed by atoms with E-state index in [0.717, 1.165) is 26.4 Å². The molecule has 0 bridgehead atoms. The summed E-state index contributed by atoms with van der Waals surface area (Å²) < 4.78 is 10.6. The third-order valence-corrected chi connectivity index (χ3v) is 5.81. The predicted molar refractivity (Wildman–Crippen MR) is 122 cm³/mol. The van der Waals surface area contributed by atoms with Crippen LogP contribution in [0.2, 0.25) is 0 Å². The van der Waals surface area contributed by atoms with Gasteiger partial charge < -0.3 is 14.3 Å². The fourth-order valence-corrected chi connectivity index (χ4v) is 4.15. The van der Waals surface area contributed by atoms with E-state index in [2.05, 4.69) is 10.3 Å². The number of anilines is 1. The molecule has 0 unspecified atom stereocenters. The van der Waals surface area contributed by atoms with Gasteiger partial charge >= 0.3 is 12.1 Å². The Balaban J connectivity index is 1.38. The van der Waals surface area contributed by atoms with E-state index in [-0.39, 0.29) is 18.9 Å². The molecule has 162 valence electrons. The standard InChI is InChI=1S/C24H20N2O5S/c27-21(28)14-19-10-11-20(32-19)17-6-8-18(9-7-17)22-23(31-15-25-22)26-24(29)30-13-12-16-4-2-1-3-5-16/h1-11,15H,12-14H2,(H,26,29)(H,27,28). The lowest BCUT2D eigenvalue weighted by molar-refractivity contribution is -0.136. The third kappa shape index (κ3) is 5.41. The van der Waals surface area contributed by atoms with E-state index in [1.807, 2.05) is 66.7 Å². The summed E-state index contributed by atoms with van der Waals surface area (Å²) in [5.41, 5.74) is 3.31. The van der Waals surface area contributed by atoms with Crippen LogP contribution >= 0.6 is 11.3 Å². The summed E-state index contributed by atoms with van der Waals surface area (Å²) in [6.45, 7) is 0.249. The summed E-state index contributed by atoms with van der Waals surface area (Å²) in [5, 5.41) is 11.5. The van der Waals surface area contributed by atoms with Crippen LogP contribution in [0.1, 0.15) is 10.4 Å². The molecule has 4 aromatic rings. The van der Waals surface area contributed by atoms with Gasteiger partial charge in [0.2, 0.25) is 5.88 Å². The molecule has 0 saturated heterocycles. The molecule has 0 spiro atoms. The summed E-state index contributed by atoms with van der Waals surface area (Å²) in [6, 6.07) is 21.1. The van der Waals surface area contributed by atoms with Crippen LogP contribution in [0.15, 0.2) is 77.5 Å². The van der Waals surface area contributed by atoms with Crippen LogP contribution in [0.25, 0.3) is 21.7 Å². The quantitative estimate of drug-likeness (QED) is 0.370. The Hall–Kier alpha value is -3.91. The second-order valence-corrected chi connectivity index (χ2v) is 8.11. The van der Waals surface area contributed by atoms with Crippen molar-refractivity contribution in [2.75, 3.05) is 11.9 Å². The third-order valence-electron chi connectivity index (χ3n) is 4.68. The lowest BCUT2D eigenvalue weighted by Gasteiger charge is -2.07. The molecule has 2 N–H and O–H groups in total. The summed E-state index contributed by atoms with van der Waals surface area (Å²) in [7, 11) is 0. The summed E-state index contributed by atoms with van der Waals surface area (Å²) in [5.74, 6) is -0.638. The van der Waals surface area contributed by atoms with Crippen molar-refractivity contribution < 1.29 is 23.8 Å². The predicted octanol–water partition coefficient (Wildman–Crippen LogP) is 5.49. The number of ether oxygens (including phenoxy) is 1. The van der Waals surface area contributed by atoms with Crippen molar-refractivity contribution in [3.8, 4) is 21.7 Å². The average molecular weight is 449 g/mol. The second kappa shape index (κ2) is 9.93. The largest absolute Gasteiger partial charge is 0.481 e. The molecule has 0 aliphatic rings. The van der Waals surface area contributed by atoms with E-state index < -0.39 is 12.1 Å². The zero-order valence-corrected chi connectivity index (χ0v) is 17.8. The van der Waals surface area contributed by atoms with Crippen LogP contribution < -0.4 is 5.32 Å². The Morgan fingerprint density at radius 3 is 2.50 bits per heavy atom. The van der Waals surface area contributed by atoms with E-state index in [1.165, 1.54) is 17.7 Å². The van der Waals surface area contributed by atoms with Crippen LogP contribution in [0.3, 0.4) is 0 Å². The van der Waals surface area contributed by atoms with Crippen molar-refractivity contribution in [3.05, 3.63) is 83.6 Å². The number of hydrogen-bond donors (Lipinski definition) is 2. The Kier molecular flexibility index (Phi) is 6.62. The number of carbonyl (C=O) groups is 2. The highest BCUT2D eigenvalue weighted by molar-refractivity contribution is 7.15. The Morgan fingerprint density at radius 1 is 1.00 bits per heavy atom. The van der Waals surface area contributed by atoms with Crippen molar-refractivity contribution in [3.63, 3.8) is 0 Å². The summed E-state index contributed by atoms with van der Waals surface area (Å²) >= 11 is 1.45. The van der Waals surface area contributed by atoms with Crippen LogP contribution in [-0.2, 0) is 22.4 Å². The highest BCUT2D eigenvalue weighted by atomic mass is 32.1. The maximum atomic E-state index is 12.1. The average Bonchev–Trinajstić information content (AvgIpc) is 3.44. The normalized spacial score (nSPS) is 10.6. The molecular formula is C24H20N2O5S. The fraction of sp³-hybridized carbons (Fsp3) is 0.125. The van der Waals surface area contributed by atoms with Gasteiger partial charge in [0.15, 0.2) is 6.39 Å². The maximum absolute atomic E-state index is 12.1. The number of nitrogens with one attached hydrogen (secondary N) is 1. The molecule has 2 aromatic carbocycles. The van der Waals surface area contributed by atoms with Gasteiger partial charge in [-0.05, 0) is 23.3 Å². The van der Waals surface area contributed by atoms with Crippen molar-refractivity contribution >= 4 is 29.3 Å². The van der Waals surface area contributed by atoms with Crippen LogP contribution in [0.4, 0.5) is 10.7 Å². The van der Waals surface area contributed by atoms with Crippen LogP contribution in [-0.4, -0.2) is 28.8 Å². The Bertz CT molecular complexity index is 1200. The number of aliphatic carboxylic acids is 1. The molecule has 32 heavy (non-hydrogen) atoms. The van der Waals surface area contributed by atoms with Crippen molar-refractivity contribution in [1.29, 1.82) is 0 Å². The molecule has 0 atom stereocenters. The molecule has 7 nitrogen and oxygen atoms in total. The van der Waals surface area contributed by atoms with Crippen LogP contribution in [0.5, 0.6) is 0 Å². The Labute approximate surface area is 188 Å². The highest BCUT2D eigenvalue weighted by Gasteiger charge is 2.15. The van der Waals surface area contributed by atoms with Gasteiger partial charge in [-0.25, -0.2) is 9.78 Å². The van der Waals surface area contributed by atoms with Gasteiger partial charge in [-0.3, -0.25) is 10.1 Å². The first-order valence-electron chi connectivity index (χ1n) is 9.91. The smallest absolute Gasteiger partial charge is 0.414 e. The minimum Gasteiger partial charge on any atom is -0.481 e. The van der Waals surface area contributed by atoms with Crippen LogP contribution in [0, 0.1) is 0 Å². The molecule has 0 aliphatic heterocycles. The fourth-order valence-electron chi connectivity index (χ4n) is 3.15. The first-order valence-corrected chi connectivity index (χ1v) is 10.7. The number of rotatable bonds is 8. The molecule has 0 aliphatic carbocycles. The number of carbonyl (C=O) groups excluding carboxylic acids is 1. The van der Waals surface area contributed by atoms with Gasteiger partial charge in [0.25, 0.3) is 0 Å². The summed E-state index contributed by atoms with van der Waals surface area (Å²) in [6.07, 6.45) is 1.29. The number of hydrogen-bond acceptors (Lipinski definition) is 6. The van der Waals surface area contributed by atoms with Gasteiger partial charge in [0.1, 0.15) is 5.69 Å². The maximum Gasteiger partial charge on any atom is 0.414 e. The number of carboxylic acids is 1. The van der Waals surface area contributed by atoms with Gasteiger partial charge in [-0.1, -0.05) is 54.6 Å². The molecule has 8 heteroatoms. The van der Waals surface area contributed by atoms with E-state index in [9.17, 15) is 9.59 Å². The first kappa shape index (κ1) is 21.3. The molecule has 4 rings (SSSR count). The van der Waals surface area contributed by atoms with E-state index >= 15 is 0 Å². The van der Waals surface area contributed by atoms with Crippen molar-refractivity contribution in [2.24, 2.45) is 0 Å². The number of carboxylic acid groups (broad SMARTS) is 1. The number of aromatic nitrogens is 1. The molecule has 0 saturated carbocycles. The highest BCUT2D eigenvalue weighted by Crippen LogP contribution is 2.32. The van der Waals surface area contributed by atoms with Gasteiger partial charge in [0, 0.05) is 21.7 Å². The number of oxazole rings is 1. The number of benzene rings is 2. The van der Waals surface area contributed by atoms with E-state index in [1.54, 1.807) is 0 Å². The molecular weight excluding hydrogens is 428 g/mol. The van der Waals surface area contributed by atoms with Gasteiger partial charge in [-0.15, -0.1) is 11.3 Å². The molecule has 0 radical (unpaired) electrons. The first-order chi connectivity index (χ1) is 15.6. The van der Waals surface area contributed by atoms with E-state index in [4.69, 9.17) is 14.3 Å². The lowest BCUT2D eigenvalue weighted by atomic mass is 10.1. The Morgan fingerprint density at radius 2 is 1.75 bits per heavy atom. The monoisotopic (exact) mass is 448 g/mol. The summed E-state index contributed by atoms with van der Waals surface area (Å²) in [4.78, 5) is 29.0. The number of amides is 1. The topological polar surface area (TPSA) is 102 Å². The minimum atomic E-state index is -0.849. The minimum absolute atomic E-state index is 0.0121. The molecule has 0 fully saturated rings. The van der Waals surface area contributed by atoms with Gasteiger partial charge in [-0.2, -0.15) is 0 Å². The van der Waals surface area contributed by atoms with E-state index in [0.29, 0.717) is 12.1 Å². The lowest BCUT2D eigenvalue weighted by Crippen LogP contribution is -2.15. The van der Waals surface area contributed by atoms with Gasteiger partial charge in [0.05, 0.1) is 13.0 Å².